The van der Waals surface area contributed by atoms with Gasteiger partial charge in [0, 0.05) is 32.7 Å². The second-order valence-electron chi connectivity index (χ2n) is 11.1. The Balaban J connectivity index is 1.34. The second-order valence-corrected chi connectivity index (χ2v) is 11.1. The molecule has 1 spiro atoms. The maximum absolute atomic E-state index is 13.4. The van der Waals surface area contributed by atoms with Gasteiger partial charge in [-0.05, 0) is 54.7 Å². The molecule has 1 aliphatic carbocycles. The van der Waals surface area contributed by atoms with Crippen molar-refractivity contribution in [2.45, 2.75) is 58.5 Å². The number of urea groups is 1. The highest BCUT2D eigenvalue weighted by atomic mass is 16.5. The van der Waals surface area contributed by atoms with Crippen molar-refractivity contribution < 1.29 is 19.1 Å². The number of benzene rings is 1. The maximum atomic E-state index is 13.4. The van der Waals surface area contributed by atoms with E-state index in [1.54, 1.807) is 12.0 Å². The molecule has 0 aromatic heterocycles. The minimum absolute atomic E-state index is 0.0290. The van der Waals surface area contributed by atoms with E-state index in [9.17, 15) is 14.4 Å². The van der Waals surface area contributed by atoms with Crippen molar-refractivity contribution in [1.29, 1.82) is 0 Å². The largest absolute Gasteiger partial charge is 0.497 e. The molecule has 4 rings (SSSR count). The van der Waals surface area contributed by atoms with Gasteiger partial charge in [0.25, 0.3) is 5.91 Å². The van der Waals surface area contributed by atoms with E-state index in [2.05, 4.69) is 43.1 Å². The van der Waals surface area contributed by atoms with E-state index >= 15 is 0 Å². The van der Waals surface area contributed by atoms with Crippen LogP contribution in [0.1, 0.15) is 52.0 Å². The van der Waals surface area contributed by atoms with Crippen molar-refractivity contribution in [3.05, 3.63) is 29.8 Å². The van der Waals surface area contributed by atoms with Crippen molar-refractivity contribution in [2.75, 3.05) is 39.8 Å². The van der Waals surface area contributed by atoms with Crippen LogP contribution in [-0.2, 0) is 16.1 Å². The molecule has 1 aromatic rings. The molecule has 1 aromatic carbocycles. The number of amides is 4. The zero-order valence-electron chi connectivity index (χ0n) is 20.9. The van der Waals surface area contributed by atoms with Crippen LogP contribution in [0.2, 0.25) is 0 Å². The van der Waals surface area contributed by atoms with Crippen LogP contribution >= 0.6 is 0 Å². The van der Waals surface area contributed by atoms with E-state index in [1.807, 2.05) is 12.1 Å². The third-order valence-corrected chi connectivity index (χ3v) is 7.42. The summed E-state index contributed by atoms with van der Waals surface area (Å²) in [6.07, 6.45) is 3.13. The highest BCUT2D eigenvalue weighted by Crippen LogP contribution is 2.46. The molecule has 2 atom stereocenters. The fraction of sp³-hybridized carbons (Fsp3) is 0.654. The van der Waals surface area contributed by atoms with E-state index in [0.29, 0.717) is 31.8 Å². The molecule has 186 valence electrons. The summed E-state index contributed by atoms with van der Waals surface area (Å²) in [7, 11) is 1.66. The summed E-state index contributed by atoms with van der Waals surface area (Å²) in [5.74, 6) is 0.784. The van der Waals surface area contributed by atoms with Crippen LogP contribution in [0.4, 0.5) is 4.79 Å². The maximum Gasteiger partial charge on any atom is 0.325 e. The molecule has 0 radical (unpaired) electrons. The highest BCUT2D eigenvalue weighted by molar-refractivity contribution is 6.09. The number of hydrogen-bond acceptors (Lipinski definition) is 5. The van der Waals surface area contributed by atoms with Gasteiger partial charge in [-0.2, -0.15) is 0 Å². The lowest BCUT2D eigenvalue weighted by molar-refractivity contribution is -0.140. The Morgan fingerprint density at radius 2 is 1.82 bits per heavy atom. The summed E-state index contributed by atoms with van der Waals surface area (Å²) in [4.78, 5) is 44.5. The van der Waals surface area contributed by atoms with E-state index < -0.39 is 11.6 Å². The first-order valence-electron chi connectivity index (χ1n) is 12.4. The van der Waals surface area contributed by atoms with Crippen molar-refractivity contribution in [1.82, 2.24) is 20.0 Å². The predicted octanol–water partition coefficient (Wildman–Crippen LogP) is 2.87. The Morgan fingerprint density at radius 1 is 1.09 bits per heavy atom. The molecule has 8 nitrogen and oxygen atoms in total. The zero-order chi connectivity index (χ0) is 24.5. The van der Waals surface area contributed by atoms with Gasteiger partial charge in [0.05, 0.1) is 7.11 Å². The van der Waals surface area contributed by atoms with Crippen LogP contribution < -0.4 is 10.1 Å². The van der Waals surface area contributed by atoms with Crippen LogP contribution in [0.5, 0.6) is 5.75 Å². The Kier molecular flexibility index (Phi) is 6.90. The molecule has 1 saturated carbocycles. The average Bonchev–Trinajstić information content (AvgIpc) is 2.92. The third kappa shape index (κ3) is 5.22. The predicted molar refractivity (Wildman–Crippen MR) is 129 cm³/mol. The number of imide groups is 1. The number of carbonyl (C=O) groups excluding carboxylic acids is 3. The molecular formula is C26H38N4O4. The van der Waals surface area contributed by atoms with Gasteiger partial charge >= 0.3 is 6.03 Å². The molecule has 4 amide bonds. The number of nitrogens with zero attached hydrogens (tertiary/aromatic N) is 3. The highest BCUT2D eigenvalue weighted by Gasteiger charge is 2.56. The molecule has 2 unspecified atom stereocenters. The Bertz CT molecular complexity index is 931. The lowest BCUT2D eigenvalue weighted by Crippen LogP contribution is -2.54. The van der Waals surface area contributed by atoms with Gasteiger partial charge < -0.3 is 15.0 Å². The SMILES string of the molecule is COc1ccc(CN2CCCN(C(=O)CN3C(=O)NC4(CC(C)CC(C)(C)C4)C3=O)CC2)cc1. The molecule has 0 bridgehead atoms. The van der Waals surface area contributed by atoms with Gasteiger partial charge in [0.2, 0.25) is 5.91 Å². The second kappa shape index (κ2) is 9.56. The number of methoxy groups -OCH3 is 1. The average molecular weight is 471 g/mol. The lowest BCUT2D eigenvalue weighted by Gasteiger charge is -2.43. The molecule has 1 N–H and O–H groups in total. The normalized spacial score (nSPS) is 27.6. The smallest absolute Gasteiger partial charge is 0.325 e. The topological polar surface area (TPSA) is 82.2 Å². The number of rotatable bonds is 5. The summed E-state index contributed by atoms with van der Waals surface area (Å²) in [6.45, 7) is 9.94. The molecule has 8 heteroatoms. The van der Waals surface area contributed by atoms with Gasteiger partial charge in [0.1, 0.15) is 17.8 Å². The van der Waals surface area contributed by atoms with E-state index in [-0.39, 0.29) is 23.8 Å². The summed E-state index contributed by atoms with van der Waals surface area (Å²) in [5, 5.41) is 2.97. The number of nitrogens with one attached hydrogen (secondary N) is 1. The van der Waals surface area contributed by atoms with E-state index in [0.717, 1.165) is 43.1 Å². The molecular weight excluding hydrogens is 432 g/mol. The van der Waals surface area contributed by atoms with Crippen LogP contribution in [0.3, 0.4) is 0 Å². The molecule has 3 fully saturated rings. The van der Waals surface area contributed by atoms with Crippen molar-refractivity contribution in [2.24, 2.45) is 11.3 Å². The zero-order valence-corrected chi connectivity index (χ0v) is 20.9. The number of carbonyl (C=O) groups is 3. The van der Waals surface area contributed by atoms with Crippen LogP contribution in [0.15, 0.2) is 24.3 Å². The Labute approximate surface area is 202 Å². The fourth-order valence-corrected chi connectivity index (χ4v) is 6.25. The minimum Gasteiger partial charge on any atom is -0.497 e. The first kappa shape index (κ1) is 24.5. The minimum atomic E-state index is -0.869. The summed E-state index contributed by atoms with van der Waals surface area (Å²) < 4.78 is 5.23. The summed E-state index contributed by atoms with van der Waals surface area (Å²) >= 11 is 0. The number of ether oxygens (including phenoxy) is 1. The van der Waals surface area contributed by atoms with E-state index in [4.69, 9.17) is 4.74 Å². The van der Waals surface area contributed by atoms with Crippen LogP contribution in [0, 0.1) is 11.3 Å². The van der Waals surface area contributed by atoms with Crippen molar-refractivity contribution >= 4 is 17.8 Å². The van der Waals surface area contributed by atoms with Crippen molar-refractivity contribution in [3.8, 4) is 5.75 Å². The van der Waals surface area contributed by atoms with Gasteiger partial charge in [-0.3, -0.25) is 19.4 Å². The fourth-order valence-electron chi connectivity index (χ4n) is 6.25. The molecule has 3 aliphatic rings. The molecule has 2 saturated heterocycles. The quantitative estimate of drug-likeness (QED) is 0.670. The Morgan fingerprint density at radius 3 is 2.50 bits per heavy atom. The van der Waals surface area contributed by atoms with Gasteiger partial charge in [0.15, 0.2) is 0 Å². The number of hydrogen-bond donors (Lipinski definition) is 1. The van der Waals surface area contributed by atoms with Gasteiger partial charge in [-0.1, -0.05) is 32.9 Å². The first-order valence-corrected chi connectivity index (χ1v) is 12.4. The molecule has 34 heavy (non-hydrogen) atoms. The monoisotopic (exact) mass is 470 g/mol. The third-order valence-electron chi connectivity index (χ3n) is 7.42. The van der Waals surface area contributed by atoms with Crippen molar-refractivity contribution in [3.63, 3.8) is 0 Å². The van der Waals surface area contributed by atoms with Gasteiger partial charge in [-0.25, -0.2) is 4.79 Å². The van der Waals surface area contributed by atoms with E-state index in [1.165, 1.54) is 5.56 Å². The van der Waals surface area contributed by atoms with Crippen LogP contribution in [-0.4, -0.2) is 77.9 Å². The van der Waals surface area contributed by atoms with Gasteiger partial charge in [-0.15, -0.1) is 0 Å². The molecule has 2 heterocycles. The standard InChI is InChI=1S/C26H38N4O4/c1-19-14-25(2,3)18-26(15-19)23(32)30(24(33)27-26)17-22(31)29-11-5-10-28(12-13-29)16-20-6-8-21(34-4)9-7-20/h6-9,19H,5,10-18H2,1-4H3,(H,27,33). The summed E-state index contributed by atoms with van der Waals surface area (Å²) in [6, 6.07) is 7.62. The lowest BCUT2D eigenvalue weighted by atomic mass is 9.64. The Hall–Kier alpha value is -2.61. The molecule has 2 aliphatic heterocycles. The first-order chi connectivity index (χ1) is 16.1. The van der Waals surface area contributed by atoms with Crippen LogP contribution in [0.25, 0.3) is 0 Å². The summed E-state index contributed by atoms with van der Waals surface area (Å²) in [5.41, 5.74) is 0.306.